The molecule has 0 aromatic carbocycles. The normalized spacial score (nSPS) is 31.9. The number of ketones is 1. The monoisotopic (exact) mass is 275 g/mol. The van der Waals surface area contributed by atoms with Gasteiger partial charge in [-0.15, -0.1) is 0 Å². The number of Topliss-reactive ketones (excluding diaryl/α,β-unsaturated/α-hetero) is 1. The Morgan fingerprint density at radius 3 is 2.85 bits per heavy atom. The van der Waals surface area contributed by atoms with Crippen molar-refractivity contribution in [2.24, 2.45) is 16.6 Å². The van der Waals surface area contributed by atoms with E-state index in [2.05, 4.69) is 4.99 Å². The van der Waals surface area contributed by atoms with Crippen LogP contribution in [0, 0.1) is 5.92 Å². The Balaban J connectivity index is 1.86. The van der Waals surface area contributed by atoms with E-state index < -0.39 is 5.91 Å². The second kappa shape index (κ2) is 4.77. The predicted octanol–water partition coefficient (Wildman–Crippen LogP) is 0.699. The highest BCUT2D eigenvalue weighted by Crippen LogP contribution is 2.33. The molecule has 3 aliphatic rings. The number of nitrogens with two attached hydrogens (primary N) is 1. The van der Waals surface area contributed by atoms with Crippen molar-refractivity contribution in [2.45, 2.75) is 31.8 Å². The molecule has 2 atom stereocenters. The van der Waals surface area contributed by atoms with Crippen LogP contribution in [0.25, 0.3) is 0 Å². The fourth-order valence-electron chi connectivity index (χ4n) is 2.91. The van der Waals surface area contributed by atoms with E-state index in [0.29, 0.717) is 11.3 Å². The fraction of sp³-hybridized carbons (Fsp3) is 0.500. The molecule has 6 heteroatoms. The van der Waals surface area contributed by atoms with E-state index in [1.165, 1.54) is 17.2 Å². The molecule has 0 aromatic heterocycles. The molecule has 2 heterocycles. The minimum absolute atomic E-state index is 0.00303. The molecule has 6 nitrogen and oxygen atoms in total. The number of hydrogen-bond donors (Lipinski definition) is 1. The van der Waals surface area contributed by atoms with Crippen molar-refractivity contribution in [1.29, 1.82) is 0 Å². The summed E-state index contributed by atoms with van der Waals surface area (Å²) in [5.41, 5.74) is 6.31. The van der Waals surface area contributed by atoms with Crippen molar-refractivity contribution < 1.29 is 14.3 Å². The molecule has 1 saturated carbocycles. The molecule has 2 unspecified atom stereocenters. The first-order valence-corrected chi connectivity index (χ1v) is 6.81. The lowest BCUT2D eigenvalue weighted by molar-refractivity contribution is -0.126. The lowest BCUT2D eigenvalue weighted by Gasteiger charge is -2.33. The van der Waals surface area contributed by atoms with Crippen molar-refractivity contribution in [2.75, 3.05) is 7.05 Å². The number of ether oxygens (including phenoxy) is 1. The van der Waals surface area contributed by atoms with Gasteiger partial charge in [0.05, 0.1) is 17.8 Å². The third-order valence-corrected chi connectivity index (χ3v) is 4.13. The maximum Gasteiger partial charge on any atom is 0.296 e. The van der Waals surface area contributed by atoms with Crippen molar-refractivity contribution in [1.82, 2.24) is 4.90 Å². The number of carbonyl (C=O) groups excluding carboxylic acids is 2. The lowest BCUT2D eigenvalue weighted by atomic mass is 9.80. The number of likely N-dealkylation sites (N-methyl/N-ethyl adjacent to an activating group) is 1. The smallest absolute Gasteiger partial charge is 0.296 e. The van der Waals surface area contributed by atoms with Crippen LogP contribution in [0.2, 0.25) is 0 Å². The standard InChI is InChI=1S/C14H17N3O3/c1-17-10(13(19)16-14(17)15)6-8-7-20-11-5-3-2-4-9(11)12(8)18/h6-7,9,11H,2-5H2,1H3,(H2,15,16,19)/b10-6-. The average molecular weight is 275 g/mol. The first-order valence-electron chi connectivity index (χ1n) is 6.81. The van der Waals surface area contributed by atoms with E-state index in [4.69, 9.17) is 10.5 Å². The number of aliphatic imine (C=N–C) groups is 1. The zero-order valence-corrected chi connectivity index (χ0v) is 11.3. The number of amides is 1. The molecule has 0 saturated heterocycles. The maximum atomic E-state index is 12.5. The number of carbonyl (C=O) groups is 2. The molecule has 3 rings (SSSR count). The third-order valence-electron chi connectivity index (χ3n) is 4.13. The van der Waals surface area contributed by atoms with Crippen LogP contribution in [-0.4, -0.2) is 35.7 Å². The molecule has 20 heavy (non-hydrogen) atoms. The Morgan fingerprint density at radius 2 is 2.15 bits per heavy atom. The molecular formula is C14H17N3O3. The van der Waals surface area contributed by atoms with E-state index in [1.54, 1.807) is 7.05 Å². The molecule has 106 valence electrons. The van der Waals surface area contributed by atoms with Gasteiger partial charge in [-0.05, 0) is 25.3 Å². The molecule has 0 radical (unpaired) electrons. The van der Waals surface area contributed by atoms with E-state index in [-0.39, 0.29) is 23.8 Å². The number of hydrogen-bond acceptors (Lipinski definition) is 5. The highest BCUT2D eigenvalue weighted by molar-refractivity contribution is 6.11. The van der Waals surface area contributed by atoms with Crippen molar-refractivity contribution in [3.8, 4) is 0 Å². The van der Waals surface area contributed by atoms with Gasteiger partial charge in [-0.2, -0.15) is 4.99 Å². The predicted molar refractivity (Wildman–Crippen MR) is 72.4 cm³/mol. The second-order valence-electron chi connectivity index (χ2n) is 5.37. The number of guanidine groups is 1. The van der Waals surface area contributed by atoms with E-state index in [0.717, 1.165) is 25.7 Å². The Labute approximate surface area is 117 Å². The van der Waals surface area contributed by atoms with E-state index >= 15 is 0 Å². The number of allylic oxidation sites excluding steroid dienone is 2. The molecular weight excluding hydrogens is 258 g/mol. The molecule has 2 aliphatic heterocycles. The quantitative estimate of drug-likeness (QED) is 0.712. The van der Waals surface area contributed by atoms with Gasteiger partial charge in [0.2, 0.25) is 5.96 Å². The highest BCUT2D eigenvalue weighted by Gasteiger charge is 2.37. The van der Waals surface area contributed by atoms with Crippen LogP contribution in [0.4, 0.5) is 0 Å². The summed E-state index contributed by atoms with van der Waals surface area (Å²) in [4.78, 5) is 29.3. The molecule has 0 spiro atoms. The minimum Gasteiger partial charge on any atom is -0.497 e. The Hall–Kier alpha value is -2.11. The summed E-state index contributed by atoms with van der Waals surface area (Å²) >= 11 is 0. The summed E-state index contributed by atoms with van der Waals surface area (Å²) in [6.45, 7) is 0. The van der Waals surface area contributed by atoms with Gasteiger partial charge in [0.1, 0.15) is 11.8 Å². The zero-order chi connectivity index (χ0) is 14.3. The van der Waals surface area contributed by atoms with Crippen LogP contribution in [0.15, 0.2) is 28.6 Å². The molecule has 1 amide bonds. The Morgan fingerprint density at radius 1 is 1.40 bits per heavy atom. The van der Waals surface area contributed by atoms with Crippen LogP contribution in [0.3, 0.4) is 0 Å². The largest absolute Gasteiger partial charge is 0.497 e. The van der Waals surface area contributed by atoms with Crippen LogP contribution >= 0.6 is 0 Å². The first kappa shape index (κ1) is 12.9. The topological polar surface area (TPSA) is 85.0 Å². The molecule has 0 aromatic rings. The number of rotatable bonds is 1. The molecule has 1 aliphatic carbocycles. The highest BCUT2D eigenvalue weighted by atomic mass is 16.5. The van der Waals surface area contributed by atoms with Gasteiger partial charge in [0.15, 0.2) is 5.78 Å². The van der Waals surface area contributed by atoms with E-state index in [9.17, 15) is 9.59 Å². The number of fused-ring (bicyclic) bond motifs is 1. The minimum atomic E-state index is -0.426. The fourth-order valence-corrected chi connectivity index (χ4v) is 2.91. The summed E-state index contributed by atoms with van der Waals surface area (Å²) in [5.74, 6) is -0.313. The summed E-state index contributed by atoms with van der Waals surface area (Å²) in [7, 11) is 1.65. The van der Waals surface area contributed by atoms with Crippen molar-refractivity contribution in [3.05, 3.63) is 23.6 Å². The van der Waals surface area contributed by atoms with Crippen LogP contribution in [0.1, 0.15) is 25.7 Å². The van der Waals surface area contributed by atoms with Gasteiger partial charge in [-0.3, -0.25) is 9.59 Å². The molecule has 2 N–H and O–H groups in total. The van der Waals surface area contributed by atoms with Crippen molar-refractivity contribution >= 4 is 17.6 Å². The summed E-state index contributed by atoms with van der Waals surface area (Å²) in [6.07, 6.45) is 6.92. The van der Waals surface area contributed by atoms with Crippen LogP contribution in [-0.2, 0) is 14.3 Å². The maximum absolute atomic E-state index is 12.5. The van der Waals surface area contributed by atoms with Gasteiger partial charge in [-0.1, -0.05) is 6.42 Å². The second-order valence-corrected chi connectivity index (χ2v) is 5.37. The summed E-state index contributed by atoms with van der Waals surface area (Å²) in [6, 6.07) is 0. The molecule has 0 bridgehead atoms. The number of nitrogens with zero attached hydrogens (tertiary/aromatic N) is 2. The average Bonchev–Trinajstić information content (AvgIpc) is 2.68. The van der Waals surface area contributed by atoms with Gasteiger partial charge >= 0.3 is 0 Å². The van der Waals surface area contributed by atoms with Crippen molar-refractivity contribution in [3.63, 3.8) is 0 Å². The van der Waals surface area contributed by atoms with Gasteiger partial charge in [0, 0.05) is 7.05 Å². The Bertz CT molecular complexity index is 562. The molecule has 1 fully saturated rings. The van der Waals surface area contributed by atoms with Gasteiger partial charge < -0.3 is 15.4 Å². The lowest BCUT2D eigenvalue weighted by Crippen LogP contribution is -2.37. The first-order chi connectivity index (χ1) is 9.58. The van der Waals surface area contributed by atoms with Crippen LogP contribution < -0.4 is 5.73 Å². The summed E-state index contributed by atoms with van der Waals surface area (Å²) in [5, 5.41) is 0. The van der Waals surface area contributed by atoms with Crippen LogP contribution in [0.5, 0.6) is 0 Å². The SMILES string of the molecule is CN1C(N)=NC(=O)/C1=C/C1=COC2CCCCC2C1=O. The third kappa shape index (κ3) is 2.01. The zero-order valence-electron chi connectivity index (χ0n) is 11.3. The Kier molecular flexibility index (Phi) is 3.08. The summed E-state index contributed by atoms with van der Waals surface area (Å²) < 4.78 is 5.65. The van der Waals surface area contributed by atoms with Gasteiger partial charge in [0.25, 0.3) is 5.91 Å². The van der Waals surface area contributed by atoms with E-state index in [1.807, 2.05) is 0 Å². The van der Waals surface area contributed by atoms with Gasteiger partial charge in [-0.25, -0.2) is 0 Å².